The zero-order valence-electron chi connectivity index (χ0n) is 9.35. The normalized spacial score (nSPS) is 11.4. The molecule has 0 spiro atoms. The van der Waals surface area contributed by atoms with E-state index < -0.39 is 42.6 Å². The van der Waals surface area contributed by atoms with Crippen molar-refractivity contribution < 1.29 is 31.5 Å². The summed E-state index contributed by atoms with van der Waals surface area (Å²) in [6.45, 7) is -2.54. The van der Waals surface area contributed by atoms with E-state index in [4.69, 9.17) is 5.73 Å². The molecule has 0 heterocycles. The number of alkyl halides is 3. The summed E-state index contributed by atoms with van der Waals surface area (Å²) in [6.07, 6.45) is -4.57. The van der Waals surface area contributed by atoms with Gasteiger partial charge in [-0.2, -0.15) is 13.2 Å². The monoisotopic (exact) mass is 284 g/mol. The van der Waals surface area contributed by atoms with Gasteiger partial charge in [0, 0.05) is 6.07 Å². The van der Waals surface area contributed by atoms with Gasteiger partial charge in [0.05, 0.1) is 5.69 Å². The Morgan fingerprint density at radius 1 is 1.32 bits per heavy atom. The maximum atomic E-state index is 13.2. The lowest BCUT2D eigenvalue weighted by Crippen LogP contribution is -2.24. The Balaban J connectivity index is 2.58. The summed E-state index contributed by atoms with van der Waals surface area (Å²) in [6, 6.07) is 1.23. The van der Waals surface area contributed by atoms with E-state index in [0.717, 1.165) is 6.07 Å². The number of nitrogen functional groups attached to an aromatic ring is 1. The van der Waals surface area contributed by atoms with Crippen molar-refractivity contribution in [2.45, 2.75) is 6.18 Å². The number of carbonyl (C=O) groups excluding carboxylic acids is 1. The number of nitrogens with two attached hydrogens (primary N) is 1. The highest BCUT2D eigenvalue weighted by Crippen LogP contribution is 2.23. The second-order valence-corrected chi connectivity index (χ2v) is 3.51. The fourth-order valence-corrected chi connectivity index (χ4v) is 1.16. The minimum Gasteiger partial charge on any atom is -0.397 e. The maximum Gasteiger partial charge on any atom is 0.411 e. The molecule has 19 heavy (non-hydrogen) atoms. The van der Waals surface area contributed by atoms with Gasteiger partial charge in [-0.05, 0) is 6.07 Å². The number of anilines is 2. The minimum absolute atomic E-state index is 0.387. The predicted octanol–water partition coefficient (Wildman–Crippen LogP) is 2.06. The van der Waals surface area contributed by atoms with Crippen LogP contribution in [0.25, 0.3) is 0 Å². The van der Waals surface area contributed by atoms with Crippen LogP contribution < -0.4 is 11.1 Å². The van der Waals surface area contributed by atoms with Crippen molar-refractivity contribution in [2.75, 3.05) is 24.3 Å². The molecule has 9 heteroatoms. The van der Waals surface area contributed by atoms with Crippen LogP contribution in [-0.2, 0) is 9.53 Å². The van der Waals surface area contributed by atoms with Crippen LogP contribution in [0.3, 0.4) is 0 Å². The molecule has 0 saturated carbocycles. The summed E-state index contributed by atoms with van der Waals surface area (Å²) in [5.41, 5.74) is 4.35. The molecule has 0 radical (unpaired) electrons. The Morgan fingerprint density at radius 2 is 1.95 bits per heavy atom. The fourth-order valence-electron chi connectivity index (χ4n) is 1.16. The summed E-state index contributed by atoms with van der Waals surface area (Å²) in [4.78, 5) is 11.2. The van der Waals surface area contributed by atoms with Gasteiger partial charge < -0.3 is 15.8 Å². The molecule has 3 N–H and O–H groups in total. The first-order valence-corrected chi connectivity index (χ1v) is 4.88. The smallest absolute Gasteiger partial charge is 0.397 e. The quantitative estimate of drug-likeness (QED) is 0.657. The summed E-state index contributed by atoms with van der Waals surface area (Å²) in [5.74, 6) is -3.12. The van der Waals surface area contributed by atoms with Crippen LogP contribution in [0.5, 0.6) is 0 Å². The average Bonchev–Trinajstić information content (AvgIpc) is 2.21. The molecule has 0 bridgehead atoms. The zero-order valence-corrected chi connectivity index (χ0v) is 9.35. The summed E-state index contributed by atoms with van der Waals surface area (Å²) < 4.78 is 65.2. The van der Waals surface area contributed by atoms with Crippen LogP contribution in [0.2, 0.25) is 0 Å². The van der Waals surface area contributed by atoms with E-state index in [2.05, 4.69) is 4.74 Å². The highest BCUT2D eigenvalue weighted by Gasteiger charge is 2.27. The topological polar surface area (TPSA) is 64.3 Å². The van der Waals surface area contributed by atoms with E-state index in [1.165, 1.54) is 0 Å². The van der Waals surface area contributed by atoms with E-state index in [9.17, 15) is 26.7 Å². The summed E-state index contributed by atoms with van der Waals surface area (Å²) >= 11 is 0. The summed E-state index contributed by atoms with van der Waals surface area (Å²) in [5, 5.41) is 1.89. The highest BCUT2D eigenvalue weighted by molar-refractivity contribution is 5.94. The van der Waals surface area contributed by atoms with Gasteiger partial charge in [-0.15, -0.1) is 0 Å². The molecule has 1 amide bonds. The molecule has 0 atom stereocenters. The molecule has 0 unspecified atom stereocenters. The average molecular weight is 284 g/mol. The van der Waals surface area contributed by atoms with Crippen molar-refractivity contribution >= 4 is 17.3 Å². The van der Waals surface area contributed by atoms with E-state index in [0.29, 0.717) is 6.07 Å². The van der Waals surface area contributed by atoms with Crippen molar-refractivity contribution in [3.8, 4) is 0 Å². The second-order valence-electron chi connectivity index (χ2n) is 3.51. The Morgan fingerprint density at radius 3 is 2.47 bits per heavy atom. The van der Waals surface area contributed by atoms with Crippen molar-refractivity contribution in [1.82, 2.24) is 0 Å². The lowest BCUT2D eigenvalue weighted by molar-refractivity contribution is -0.174. The number of ether oxygens (including phenoxy) is 1. The fraction of sp³-hybridized carbons (Fsp3) is 0.300. The largest absolute Gasteiger partial charge is 0.411 e. The molecule has 0 saturated heterocycles. The van der Waals surface area contributed by atoms with Gasteiger partial charge in [0.25, 0.3) is 5.91 Å². The Kier molecular flexibility index (Phi) is 4.65. The molecule has 1 aromatic rings. The molecule has 0 fully saturated rings. The molecular weight excluding hydrogens is 275 g/mol. The van der Waals surface area contributed by atoms with Crippen LogP contribution in [0, 0.1) is 11.6 Å². The lowest BCUT2D eigenvalue weighted by Gasteiger charge is -2.10. The first-order chi connectivity index (χ1) is 8.69. The molecular formula is C10H9F5N2O2. The highest BCUT2D eigenvalue weighted by atomic mass is 19.4. The first-order valence-electron chi connectivity index (χ1n) is 4.88. The van der Waals surface area contributed by atoms with Crippen LogP contribution in [0.1, 0.15) is 0 Å². The molecule has 0 aliphatic carbocycles. The molecule has 0 aromatic heterocycles. The van der Waals surface area contributed by atoms with E-state index in [1.807, 2.05) is 5.32 Å². The van der Waals surface area contributed by atoms with E-state index in [-0.39, 0.29) is 5.69 Å². The van der Waals surface area contributed by atoms with Crippen LogP contribution in [-0.4, -0.2) is 25.3 Å². The SMILES string of the molecule is Nc1cc(F)cc(F)c1NC(=O)COCC(F)(F)F. The Hall–Kier alpha value is -1.90. The van der Waals surface area contributed by atoms with Gasteiger partial charge in [0.1, 0.15) is 24.7 Å². The third-order valence-corrected chi connectivity index (χ3v) is 1.85. The number of halogens is 5. The van der Waals surface area contributed by atoms with Crippen LogP contribution >= 0.6 is 0 Å². The third-order valence-electron chi connectivity index (χ3n) is 1.85. The lowest BCUT2D eigenvalue weighted by atomic mass is 10.2. The molecule has 1 rings (SSSR count). The Bertz CT molecular complexity index is 452. The predicted molar refractivity (Wildman–Crippen MR) is 56.3 cm³/mol. The van der Waals surface area contributed by atoms with Crippen LogP contribution in [0.15, 0.2) is 12.1 Å². The van der Waals surface area contributed by atoms with Gasteiger partial charge >= 0.3 is 6.18 Å². The number of hydrogen-bond acceptors (Lipinski definition) is 3. The number of rotatable bonds is 4. The van der Waals surface area contributed by atoms with Crippen LogP contribution in [0.4, 0.5) is 33.3 Å². The summed E-state index contributed by atoms with van der Waals surface area (Å²) in [7, 11) is 0. The van der Waals surface area contributed by atoms with Gasteiger partial charge in [-0.25, -0.2) is 8.78 Å². The number of nitrogens with one attached hydrogen (secondary N) is 1. The van der Waals surface area contributed by atoms with Crippen molar-refractivity contribution in [3.05, 3.63) is 23.8 Å². The van der Waals surface area contributed by atoms with Gasteiger partial charge in [-0.3, -0.25) is 4.79 Å². The maximum absolute atomic E-state index is 13.2. The minimum atomic E-state index is -4.57. The number of benzene rings is 1. The van der Waals surface area contributed by atoms with Gasteiger partial charge in [0.15, 0.2) is 5.82 Å². The first kappa shape index (κ1) is 15.2. The molecule has 1 aromatic carbocycles. The number of carbonyl (C=O) groups is 1. The van der Waals surface area contributed by atoms with Crippen molar-refractivity contribution in [3.63, 3.8) is 0 Å². The molecule has 0 aliphatic rings. The van der Waals surface area contributed by atoms with Gasteiger partial charge in [0.2, 0.25) is 0 Å². The number of hydrogen-bond donors (Lipinski definition) is 2. The van der Waals surface area contributed by atoms with Crippen molar-refractivity contribution in [2.24, 2.45) is 0 Å². The molecule has 0 aliphatic heterocycles. The van der Waals surface area contributed by atoms with E-state index >= 15 is 0 Å². The second kappa shape index (κ2) is 5.83. The molecule has 106 valence electrons. The number of amides is 1. The third kappa shape index (κ3) is 5.08. The van der Waals surface area contributed by atoms with Crippen molar-refractivity contribution in [1.29, 1.82) is 0 Å². The standard InChI is InChI=1S/C10H9F5N2O2/c11-5-1-6(12)9(7(16)2-5)17-8(18)3-19-4-10(13,14)15/h1-2H,3-4,16H2,(H,17,18). The van der Waals surface area contributed by atoms with Gasteiger partial charge in [-0.1, -0.05) is 0 Å². The van der Waals surface area contributed by atoms with E-state index in [1.54, 1.807) is 0 Å². The zero-order chi connectivity index (χ0) is 14.6. The molecule has 4 nitrogen and oxygen atoms in total. The Labute approximate surface area is 104 Å².